The van der Waals surface area contributed by atoms with E-state index >= 15 is 0 Å². The molecule has 0 aromatic heterocycles. The minimum Gasteiger partial charge on any atom is -0.489 e. The van der Waals surface area contributed by atoms with E-state index in [1.165, 1.54) is 6.42 Å². The SMILES string of the molecule is CN1CCCC(Oc2ccc(C3(C(=O)O)CCCC3)cc2)C1. The van der Waals surface area contributed by atoms with Crippen molar-refractivity contribution in [3.63, 3.8) is 0 Å². The summed E-state index contributed by atoms with van der Waals surface area (Å²) < 4.78 is 6.05. The lowest BCUT2D eigenvalue weighted by atomic mass is 9.79. The van der Waals surface area contributed by atoms with Crippen molar-refractivity contribution < 1.29 is 14.6 Å². The maximum absolute atomic E-state index is 11.7. The molecule has 2 aliphatic rings. The number of likely N-dealkylation sites (tertiary alicyclic amines) is 1. The van der Waals surface area contributed by atoms with Crippen molar-refractivity contribution in [2.45, 2.75) is 50.0 Å². The average molecular weight is 303 g/mol. The first-order valence-electron chi connectivity index (χ1n) is 8.29. The zero-order valence-corrected chi connectivity index (χ0v) is 13.3. The number of piperidine rings is 1. The molecule has 1 N–H and O–H groups in total. The van der Waals surface area contributed by atoms with Gasteiger partial charge >= 0.3 is 5.97 Å². The van der Waals surface area contributed by atoms with Gasteiger partial charge in [0.15, 0.2) is 0 Å². The summed E-state index contributed by atoms with van der Waals surface area (Å²) in [4.78, 5) is 14.0. The third-order valence-electron chi connectivity index (χ3n) is 5.16. The third-order valence-corrected chi connectivity index (χ3v) is 5.16. The van der Waals surface area contributed by atoms with Crippen LogP contribution in [-0.4, -0.2) is 42.2 Å². The fraction of sp³-hybridized carbons (Fsp3) is 0.611. The molecule has 3 rings (SSSR count). The van der Waals surface area contributed by atoms with Crippen LogP contribution >= 0.6 is 0 Å². The van der Waals surface area contributed by atoms with Gasteiger partial charge in [-0.3, -0.25) is 4.79 Å². The molecule has 1 saturated heterocycles. The van der Waals surface area contributed by atoms with Crippen molar-refractivity contribution in [2.24, 2.45) is 0 Å². The summed E-state index contributed by atoms with van der Waals surface area (Å²) >= 11 is 0. The van der Waals surface area contributed by atoms with Gasteiger partial charge in [-0.2, -0.15) is 0 Å². The molecule has 0 amide bonds. The zero-order chi connectivity index (χ0) is 15.6. The van der Waals surface area contributed by atoms with E-state index in [1.807, 2.05) is 24.3 Å². The van der Waals surface area contributed by atoms with Gasteiger partial charge in [-0.15, -0.1) is 0 Å². The molecule has 1 unspecified atom stereocenters. The highest BCUT2D eigenvalue weighted by molar-refractivity contribution is 5.81. The molecule has 1 aromatic rings. The largest absolute Gasteiger partial charge is 0.489 e. The molecule has 1 aliphatic heterocycles. The molecule has 4 heteroatoms. The maximum Gasteiger partial charge on any atom is 0.314 e. The van der Waals surface area contributed by atoms with Crippen LogP contribution in [0.3, 0.4) is 0 Å². The standard InChI is InChI=1S/C18H25NO3/c1-19-12-4-5-16(13-19)22-15-8-6-14(7-9-15)18(17(20)21)10-2-3-11-18/h6-9,16H,2-5,10-13H2,1H3,(H,20,21). The Morgan fingerprint density at radius 3 is 2.50 bits per heavy atom. The minimum atomic E-state index is -0.687. The highest BCUT2D eigenvalue weighted by Crippen LogP contribution is 2.41. The van der Waals surface area contributed by atoms with Crippen molar-refractivity contribution in [3.05, 3.63) is 29.8 Å². The number of benzene rings is 1. The normalized spacial score (nSPS) is 25.0. The van der Waals surface area contributed by atoms with Gasteiger partial charge in [0, 0.05) is 6.54 Å². The molecule has 1 saturated carbocycles. The molecule has 1 aliphatic carbocycles. The van der Waals surface area contributed by atoms with Crippen molar-refractivity contribution in [3.8, 4) is 5.75 Å². The summed E-state index contributed by atoms with van der Waals surface area (Å²) in [5.41, 5.74) is 0.245. The molecule has 0 radical (unpaired) electrons. The Morgan fingerprint density at radius 1 is 1.23 bits per heavy atom. The number of carbonyl (C=O) groups is 1. The highest BCUT2D eigenvalue weighted by Gasteiger charge is 2.42. The van der Waals surface area contributed by atoms with Crippen LogP contribution in [0.2, 0.25) is 0 Å². The highest BCUT2D eigenvalue weighted by atomic mass is 16.5. The fourth-order valence-electron chi connectivity index (χ4n) is 3.86. The Bertz CT molecular complexity index is 520. The molecule has 1 aromatic carbocycles. The van der Waals surface area contributed by atoms with Crippen molar-refractivity contribution >= 4 is 5.97 Å². The second kappa shape index (κ2) is 6.29. The third kappa shape index (κ3) is 2.98. The first kappa shape index (κ1) is 15.3. The number of nitrogens with zero attached hydrogens (tertiary/aromatic N) is 1. The summed E-state index contributed by atoms with van der Waals surface area (Å²) in [6.07, 6.45) is 5.99. The molecule has 1 atom stereocenters. The summed E-state index contributed by atoms with van der Waals surface area (Å²) in [6, 6.07) is 7.77. The topological polar surface area (TPSA) is 49.8 Å². The number of carboxylic acids is 1. The summed E-state index contributed by atoms with van der Waals surface area (Å²) in [5, 5.41) is 9.64. The number of rotatable bonds is 4. The van der Waals surface area contributed by atoms with E-state index in [9.17, 15) is 9.90 Å². The molecule has 22 heavy (non-hydrogen) atoms. The molecule has 0 spiro atoms. The van der Waals surface area contributed by atoms with Gasteiger partial charge in [-0.05, 0) is 57.0 Å². The monoisotopic (exact) mass is 303 g/mol. The van der Waals surface area contributed by atoms with Crippen molar-refractivity contribution in [2.75, 3.05) is 20.1 Å². The van der Waals surface area contributed by atoms with E-state index in [-0.39, 0.29) is 6.10 Å². The lowest BCUT2D eigenvalue weighted by molar-refractivity contribution is -0.143. The maximum atomic E-state index is 11.7. The van der Waals surface area contributed by atoms with Crippen LogP contribution in [0.5, 0.6) is 5.75 Å². The van der Waals surface area contributed by atoms with Gasteiger partial charge in [0.2, 0.25) is 0 Å². The summed E-state index contributed by atoms with van der Waals surface area (Å²) in [5.74, 6) is 0.162. The fourth-order valence-corrected chi connectivity index (χ4v) is 3.86. The van der Waals surface area contributed by atoms with Crippen LogP contribution in [0.15, 0.2) is 24.3 Å². The Hall–Kier alpha value is -1.55. The Labute approximate surface area is 132 Å². The average Bonchev–Trinajstić information content (AvgIpc) is 2.99. The predicted molar refractivity (Wildman–Crippen MR) is 85.4 cm³/mol. The smallest absolute Gasteiger partial charge is 0.314 e. The number of hydrogen-bond acceptors (Lipinski definition) is 3. The van der Waals surface area contributed by atoms with Crippen LogP contribution in [0.25, 0.3) is 0 Å². The van der Waals surface area contributed by atoms with Gasteiger partial charge in [-0.25, -0.2) is 0 Å². The molecule has 1 heterocycles. The predicted octanol–water partition coefficient (Wildman–Crippen LogP) is 3.06. The quantitative estimate of drug-likeness (QED) is 0.929. The van der Waals surface area contributed by atoms with Gasteiger partial charge in [0.1, 0.15) is 11.9 Å². The number of ether oxygens (including phenoxy) is 1. The first-order valence-corrected chi connectivity index (χ1v) is 8.29. The van der Waals surface area contributed by atoms with Crippen LogP contribution in [0.4, 0.5) is 0 Å². The van der Waals surface area contributed by atoms with Crippen molar-refractivity contribution in [1.29, 1.82) is 0 Å². The van der Waals surface area contributed by atoms with Gasteiger partial charge < -0.3 is 14.7 Å². The summed E-state index contributed by atoms with van der Waals surface area (Å²) in [6.45, 7) is 2.10. The van der Waals surface area contributed by atoms with E-state index in [1.54, 1.807) is 0 Å². The Balaban J connectivity index is 1.71. The lowest BCUT2D eigenvalue weighted by Gasteiger charge is -2.30. The molecule has 120 valence electrons. The van der Waals surface area contributed by atoms with Gasteiger partial charge in [0.25, 0.3) is 0 Å². The van der Waals surface area contributed by atoms with E-state index in [4.69, 9.17) is 4.74 Å². The second-order valence-electron chi connectivity index (χ2n) is 6.76. The number of likely N-dealkylation sites (N-methyl/N-ethyl adjacent to an activating group) is 1. The first-order chi connectivity index (χ1) is 10.6. The van der Waals surface area contributed by atoms with Crippen LogP contribution in [-0.2, 0) is 10.2 Å². The second-order valence-corrected chi connectivity index (χ2v) is 6.76. The van der Waals surface area contributed by atoms with Gasteiger partial charge in [-0.1, -0.05) is 25.0 Å². The Kier molecular flexibility index (Phi) is 4.39. The number of aliphatic carboxylic acids is 1. The minimum absolute atomic E-state index is 0.240. The van der Waals surface area contributed by atoms with E-state index in [0.29, 0.717) is 0 Å². The van der Waals surface area contributed by atoms with Crippen LogP contribution in [0.1, 0.15) is 44.1 Å². The molecular formula is C18H25NO3. The lowest BCUT2D eigenvalue weighted by Crippen LogP contribution is -2.38. The number of hydrogen-bond donors (Lipinski definition) is 1. The van der Waals surface area contributed by atoms with E-state index in [2.05, 4.69) is 11.9 Å². The Morgan fingerprint density at radius 2 is 1.91 bits per heavy atom. The molecule has 4 nitrogen and oxygen atoms in total. The molecule has 0 bridgehead atoms. The molecular weight excluding hydrogens is 278 g/mol. The number of carboxylic acid groups (broad SMARTS) is 1. The summed E-state index contributed by atoms with van der Waals surface area (Å²) in [7, 11) is 2.12. The van der Waals surface area contributed by atoms with Gasteiger partial charge in [0.05, 0.1) is 5.41 Å². The van der Waals surface area contributed by atoms with E-state index < -0.39 is 11.4 Å². The van der Waals surface area contributed by atoms with Crippen molar-refractivity contribution in [1.82, 2.24) is 4.90 Å². The molecule has 2 fully saturated rings. The zero-order valence-electron chi connectivity index (χ0n) is 13.3. The van der Waals surface area contributed by atoms with Crippen LogP contribution in [0, 0.1) is 0 Å². The van der Waals surface area contributed by atoms with E-state index in [0.717, 1.165) is 56.5 Å². The van der Waals surface area contributed by atoms with Crippen LogP contribution < -0.4 is 4.74 Å².